The van der Waals surface area contributed by atoms with E-state index in [1.807, 2.05) is 32.0 Å². The molecule has 0 heterocycles. The minimum atomic E-state index is -0.646. The molecule has 0 radical (unpaired) electrons. The molecule has 2 rings (SSSR count). The van der Waals surface area contributed by atoms with Crippen LogP contribution < -0.4 is 10.1 Å². The molecule has 24 heavy (non-hydrogen) atoms. The molecule has 1 amide bonds. The molecule has 1 atom stereocenters. The molecule has 5 heteroatoms. The number of carbonyl (C=O) groups is 2. The monoisotopic (exact) mass is 327 g/mol. The van der Waals surface area contributed by atoms with Crippen LogP contribution in [-0.4, -0.2) is 25.1 Å². The first-order chi connectivity index (χ1) is 11.4. The number of anilines is 1. The van der Waals surface area contributed by atoms with Gasteiger partial charge in [-0.2, -0.15) is 0 Å². The quantitative estimate of drug-likeness (QED) is 0.854. The first-order valence-corrected chi connectivity index (χ1v) is 7.64. The summed E-state index contributed by atoms with van der Waals surface area (Å²) >= 11 is 0. The number of amides is 1. The molecule has 0 aliphatic carbocycles. The van der Waals surface area contributed by atoms with Gasteiger partial charge in [0.2, 0.25) is 0 Å². The Labute approximate surface area is 141 Å². The summed E-state index contributed by atoms with van der Waals surface area (Å²) in [6.07, 6.45) is -0.646. The Bertz CT molecular complexity index is 738. The van der Waals surface area contributed by atoms with Crippen LogP contribution in [0.1, 0.15) is 28.4 Å². The summed E-state index contributed by atoms with van der Waals surface area (Å²) in [6, 6.07) is 12.2. The summed E-state index contributed by atoms with van der Waals surface area (Å²) in [5, 5.41) is 2.76. The van der Waals surface area contributed by atoms with Crippen molar-refractivity contribution in [1.82, 2.24) is 0 Å². The van der Waals surface area contributed by atoms with Crippen LogP contribution in [0.2, 0.25) is 0 Å². The van der Waals surface area contributed by atoms with Gasteiger partial charge in [-0.05, 0) is 68.3 Å². The third-order valence-electron chi connectivity index (χ3n) is 3.73. The molecule has 0 bridgehead atoms. The Balaban J connectivity index is 1.98. The Morgan fingerprint density at radius 3 is 2.25 bits per heavy atom. The van der Waals surface area contributed by atoms with Gasteiger partial charge in [0.1, 0.15) is 5.75 Å². The summed E-state index contributed by atoms with van der Waals surface area (Å²) in [5.41, 5.74) is 3.29. The molecular weight excluding hydrogens is 306 g/mol. The van der Waals surface area contributed by atoms with Gasteiger partial charge in [0.15, 0.2) is 6.10 Å². The van der Waals surface area contributed by atoms with Crippen molar-refractivity contribution in [3.8, 4) is 5.75 Å². The number of hydrogen-bond donors (Lipinski definition) is 1. The van der Waals surface area contributed by atoms with Gasteiger partial charge in [0, 0.05) is 5.69 Å². The fourth-order valence-electron chi connectivity index (χ4n) is 2.10. The fourth-order valence-corrected chi connectivity index (χ4v) is 2.10. The van der Waals surface area contributed by atoms with Gasteiger partial charge in [-0.25, -0.2) is 4.79 Å². The van der Waals surface area contributed by atoms with Gasteiger partial charge in [-0.1, -0.05) is 6.07 Å². The minimum Gasteiger partial charge on any atom is -0.481 e. The van der Waals surface area contributed by atoms with Crippen LogP contribution in [0.5, 0.6) is 5.75 Å². The van der Waals surface area contributed by atoms with Crippen molar-refractivity contribution in [3.05, 3.63) is 59.2 Å². The van der Waals surface area contributed by atoms with Crippen LogP contribution in [0.3, 0.4) is 0 Å². The summed E-state index contributed by atoms with van der Waals surface area (Å²) in [5.74, 6) is -0.0276. The second-order valence-corrected chi connectivity index (χ2v) is 5.56. The van der Waals surface area contributed by atoms with E-state index in [1.165, 1.54) is 12.7 Å². The number of esters is 1. The molecule has 0 spiro atoms. The van der Waals surface area contributed by atoms with Gasteiger partial charge in [-0.15, -0.1) is 0 Å². The van der Waals surface area contributed by atoms with E-state index in [0.717, 1.165) is 5.56 Å². The molecule has 2 aromatic rings. The topological polar surface area (TPSA) is 64.6 Å². The number of methoxy groups -OCH3 is 1. The maximum Gasteiger partial charge on any atom is 0.337 e. The van der Waals surface area contributed by atoms with E-state index in [4.69, 9.17) is 4.74 Å². The number of carbonyl (C=O) groups excluding carboxylic acids is 2. The Morgan fingerprint density at radius 2 is 1.67 bits per heavy atom. The lowest BCUT2D eigenvalue weighted by Gasteiger charge is -2.15. The lowest BCUT2D eigenvalue weighted by Crippen LogP contribution is -2.30. The maximum atomic E-state index is 12.2. The predicted octanol–water partition coefficient (Wildman–Crippen LogP) is 3.50. The third kappa shape index (κ3) is 4.35. The van der Waals surface area contributed by atoms with E-state index in [2.05, 4.69) is 10.1 Å². The van der Waals surface area contributed by atoms with Crippen molar-refractivity contribution in [3.63, 3.8) is 0 Å². The molecular formula is C19H21NO4. The van der Waals surface area contributed by atoms with Crippen molar-refractivity contribution >= 4 is 17.6 Å². The van der Waals surface area contributed by atoms with Crippen molar-refractivity contribution in [1.29, 1.82) is 0 Å². The molecule has 0 aromatic heterocycles. The zero-order chi connectivity index (χ0) is 17.7. The Kier molecular flexibility index (Phi) is 5.58. The Hall–Kier alpha value is -2.82. The SMILES string of the molecule is COC(=O)c1ccc(NC(=O)[C@H](C)Oc2ccc(C)c(C)c2)cc1. The minimum absolute atomic E-state index is 0.265. The summed E-state index contributed by atoms with van der Waals surface area (Å²) in [4.78, 5) is 23.6. The van der Waals surface area contributed by atoms with Crippen LogP contribution in [0.25, 0.3) is 0 Å². The molecule has 0 unspecified atom stereocenters. The smallest absolute Gasteiger partial charge is 0.337 e. The highest BCUT2D eigenvalue weighted by Crippen LogP contribution is 2.18. The van der Waals surface area contributed by atoms with E-state index in [-0.39, 0.29) is 5.91 Å². The van der Waals surface area contributed by atoms with E-state index < -0.39 is 12.1 Å². The average Bonchev–Trinajstić information content (AvgIpc) is 2.58. The molecule has 5 nitrogen and oxygen atoms in total. The normalized spacial score (nSPS) is 11.5. The van der Waals surface area contributed by atoms with E-state index >= 15 is 0 Å². The van der Waals surface area contributed by atoms with Gasteiger partial charge in [0.05, 0.1) is 12.7 Å². The first-order valence-electron chi connectivity index (χ1n) is 7.64. The van der Waals surface area contributed by atoms with Crippen molar-refractivity contribution in [2.75, 3.05) is 12.4 Å². The average molecular weight is 327 g/mol. The number of nitrogens with one attached hydrogen (secondary N) is 1. The molecule has 126 valence electrons. The number of aryl methyl sites for hydroxylation is 2. The van der Waals surface area contributed by atoms with Crippen molar-refractivity contribution in [2.24, 2.45) is 0 Å². The second-order valence-electron chi connectivity index (χ2n) is 5.56. The Morgan fingerprint density at radius 1 is 1.00 bits per heavy atom. The third-order valence-corrected chi connectivity index (χ3v) is 3.73. The zero-order valence-electron chi connectivity index (χ0n) is 14.3. The van der Waals surface area contributed by atoms with Gasteiger partial charge >= 0.3 is 5.97 Å². The fraction of sp³-hybridized carbons (Fsp3) is 0.263. The van der Waals surface area contributed by atoms with Crippen molar-refractivity contribution < 1.29 is 19.1 Å². The van der Waals surface area contributed by atoms with Crippen LogP contribution >= 0.6 is 0 Å². The molecule has 0 aliphatic rings. The molecule has 0 aliphatic heterocycles. The lowest BCUT2D eigenvalue weighted by molar-refractivity contribution is -0.122. The number of rotatable bonds is 5. The van der Waals surface area contributed by atoms with E-state index in [1.54, 1.807) is 31.2 Å². The molecule has 0 fully saturated rings. The number of ether oxygens (including phenoxy) is 2. The van der Waals surface area contributed by atoms with Crippen LogP contribution in [-0.2, 0) is 9.53 Å². The zero-order valence-corrected chi connectivity index (χ0v) is 14.3. The maximum absolute atomic E-state index is 12.2. The van der Waals surface area contributed by atoms with Crippen molar-refractivity contribution in [2.45, 2.75) is 26.9 Å². The van der Waals surface area contributed by atoms with E-state index in [0.29, 0.717) is 17.0 Å². The highest BCUT2D eigenvalue weighted by atomic mass is 16.5. The summed E-state index contributed by atoms with van der Waals surface area (Å²) < 4.78 is 10.3. The van der Waals surface area contributed by atoms with Gasteiger partial charge < -0.3 is 14.8 Å². The van der Waals surface area contributed by atoms with Crippen LogP contribution in [0.15, 0.2) is 42.5 Å². The highest BCUT2D eigenvalue weighted by Gasteiger charge is 2.15. The lowest BCUT2D eigenvalue weighted by atomic mass is 10.1. The summed E-state index contributed by atoms with van der Waals surface area (Å²) in [7, 11) is 1.32. The molecule has 0 saturated heterocycles. The number of hydrogen-bond acceptors (Lipinski definition) is 4. The number of benzene rings is 2. The first kappa shape index (κ1) is 17.5. The summed E-state index contributed by atoms with van der Waals surface area (Å²) in [6.45, 7) is 5.70. The molecule has 2 aromatic carbocycles. The predicted molar refractivity (Wildman–Crippen MR) is 92.4 cm³/mol. The molecule has 0 saturated carbocycles. The van der Waals surface area contributed by atoms with Crippen LogP contribution in [0.4, 0.5) is 5.69 Å². The largest absolute Gasteiger partial charge is 0.481 e. The van der Waals surface area contributed by atoms with Gasteiger partial charge in [0.25, 0.3) is 5.91 Å². The standard InChI is InChI=1S/C19H21NO4/c1-12-5-10-17(11-13(12)2)24-14(3)18(21)20-16-8-6-15(7-9-16)19(22)23-4/h5-11,14H,1-4H3,(H,20,21)/t14-/m0/s1. The molecule has 1 N–H and O–H groups in total. The second kappa shape index (κ2) is 7.64. The van der Waals surface area contributed by atoms with Gasteiger partial charge in [-0.3, -0.25) is 4.79 Å². The van der Waals surface area contributed by atoms with E-state index in [9.17, 15) is 9.59 Å². The highest BCUT2D eigenvalue weighted by molar-refractivity contribution is 5.95. The van der Waals surface area contributed by atoms with Crippen LogP contribution in [0, 0.1) is 13.8 Å².